The highest BCUT2D eigenvalue weighted by molar-refractivity contribution is 7.14. The molecule has 1 N–H and O–H groups in total. The van der Waals surface area contributed by atoms with Gasteiger partial charge in [0.2, 0.25) is 0 Å². The zero-order valence-corrected chi connectivity index (χ0v) is 11.8. The molecule has 0 aliphatic carbocycles. The van der Waals surface area contributed by atoms with Crippen LogP contribution in [0.5, 0.6) is 0 Å². The van der Waals surface area contributed by atoms with Crippen molar-refractivity contribution < 1.29 is 9.53 Å². The number of hydrogen-bond donors (Lipinski definition) is 1. The number of amides is 1. The van der Waals surface area contributed by atoms with Gasteiger partial charge >= 0.3 is 6.09 Å². The van der Waals surface area contributed by atoms with Gasteiger partial charge in [-0.2, -0.15) is 0 Å². The lowest BCUT2D eigenvalue weighted by atomic mass is 10.1. The standard InChI is InChI=1S/C14H16N2O2S/c1-3-10-5-7-11(8-6-10)12-9-19-13(15-12)16-14(17)18-4-2/h5-9H,3-4H2,1-2H3,(H,15,16,17). The van der Waals surface area contributed by atoms with Crippen LogP contribution in [0.3, 0.4) is 0 Å². The van der Waals surface area contributed by atoms with Crippen molar-refractivity contribution in [1.29, 1.82) is 0 Å². The normalized spacial score (nSPS) is 10.2. The number of rotatable bonds is 4. The molecule has 1 aromatic carbocycles. The highest BCUT2D eigenvalue weighted by Gasteiger charge is 2.08. The maximum absolute atomic E-state index is 11.3. The van der Waals surface area contributed by atoms with Crippen molar-refractivity contribution >= 4 is 22.6 Å². The molecule has 0 unspecified atom stereocenters. The smallest absolute Gasteiger partial charge is 0.413 e. The van der Waals surface area contributed by atoms with Crippen molar-refractivity contribution in [2.75, 3.05) is 11.9 Å². The molecule has 0 aliphatic rings. The van der Waals surface area contributed by atoms with Crippen LogP contribution in [0.1, 0.15) is 19.4 Å². The summed E-state index contributed by atoms with van der Waals surface area (Å²) in [4.78, 5) is 15.6. The Kier molecular flexibility index (Phi) is 4.52. The molecule has 0 atom stereocenters. The maximum Gasteiger partial charge on any atom is 0.413 e. The molecular weight excluding hydrogens is 260 g/mol. The van der Waals surface area contributed by atoms with Crippen LogP contribution in [0.15, 0.2) is 29.6 Å². The van der Waals surface area contributed by atoms with Gasteiger partial charge in [-0.3, -0.25) is 5.32 Å². The number of anilines is 1. The molecular formula is C14H16N2O2S. The van der Waals surface area contributed by atoms with Gasteiger partial charge in [0.25, 0.3) is 0 Å². The number of ether oxygens (including phenoxy) is 1. The van der Waals surface area contributed by atoms with E-state index in [-0.39, 0.29) is 0 Å². The minimum Gasteiger partial charge on any atom is -0.450 e. The third-order valence-corrected chi connectivity index (χ3v) is 3.40. The largest absolute Gasteiger partial charge is 0.450 e. The first kappa shape index (κ1) is 13.5. The highest BCUT2D eigenvalue weighted by atomic mass is 32.1. The van der Waals surface area contributed by atoms with Gasteiger partial charge < -0.3 is 4.74 Å². The molecule has 0 radical (unpaired) electrons. The van der Waals surface area contributed by atoms with Crippen molar-refractivity contribution in [1.82, 2.24) is 4.98 Å². The van der Waals surface area contributed by atoms with E-state index in [4.69, 9.17) is 4.74 Å². The number of aromatic nitrogens is 1. The van der Waals surface area contributed by atoms with E-state index in [9.17, 15) is 4.79 Å². The molecule has 0 saturated heterocycles. The second-order valence-electron chi connectivity index (χ2n) is 3.93. The number of carbonyl (C=O) groups excluding carboxylic acids is 1. The fourth-order valence-electron chi connectivity index (χ4n) is 1.63. The third kappa shape index (κ3) is 3.54. The van der Waals surface area contributed by atoms with Gasteiger partial charge in [-0.25, -0.2) is 9.78 Å². The lowest BCUT2D eigenvalue weighted by Gasteiger charge is -2.01. The first-order valence-electron chi connectivity index (χ1n) is 6.21. The fraction of sp³-hybridized carbons (Fsp3) is 0.286. The van der Waals surface area contributed by atoms with Gasteiger partial charge in [0, 0.05) is 10.9 Å². The summed E-state index contributed by atoms with van der Waals surface area (Å²) in [5.41, 5.74) is 3.20. The second kappa shape index (κ2) is 6.33. The van der Waals surface area contributed by atoms with Crippen LogP contribution < -0.4 is 5.32 Å². The van der Waals surface area contributed by atoms with Crippen molar-refractivity contribution in [3.8, 4) is 11.3 Å². The fourth-order valence-corrected chi connectivity index (χ4v) is 2.33. The minimum atomic E-state index is -0.468. The Hall–Kier alpha value is -1.88. The molecule has 0 saturated carbocycles. The van der Waals surface area contributed by atoms with Gasteiger partial charge in [-0.05, 0) is 18.9 Å². The molecule has 2 rings (SSSR count). The highest BCUT2D eigenvalue weighted by Crippen LogP contribution is 2.25. The van der Waals surface area contributed by atoms with Crippen LogP contribution in [0.2, 0.25) is 0 Å². The van der Waals surface area contributed by atoms with E-state index in [1.807, 2.05) is 17.5 Å². The van der Waals surface area contributed by atoms with Crippen molar-refractivity contribution in [3.63, 3.8) is 0 Å². The number of thiazole rings is 1. The molecule has 1 heterocycles. The number of aryl methyl sites for hydroxylation is 1. The summed E-state index contributed by atoms with van der Waals surface area (Å²) in [6, 6.07) is 8.27. The third-order valence-electron chi connectivity index (χ3n) is 2.65. The van der Waals surface area contributed by atoms with E-state index in [0.29, 0.717) is 11.7 Å². The quantitative estimate of drug-likeness (QED) is 0.920. The summed E-state index contributed by atoms with van der Waals surface area (Å²) in [7, 11) is 0. The van der Waals surface area contributed by atoms with Crippen LogP contribution in [-0.4, -0.2) is 17.7 Å². The van der Waals surface area contributed by atoms with E-state index in [2.05, 4.69) is 29.4 Å². The van der Waals surface area contributed by atoms with E-state index < -0.39 is 6.09 Å². The summed E-state index contributed by atoms with van der Waals surface area (Å²) in [6.45, 7) is 4.24. The maximum atomic E-state index is 11.3. The Balaban J connectivity index is 2.09. The number of hydrogen-bond acceptors (Lipinski definition) is 4. The van der Waals surface area contributed by atoms with Crippen LogP contribution in [-0.2, 0) is 11.2 Å². The Labute approximate surface area is 116 Å². The molecule has 4 nitrogen and oxygen atoms in total. The van der Waals surface area contributed by atoms with Crippen LogP contribution in [0.25, 0.3) is 11.3 Å². The van der Waals surface area contributed by atoms with Crippen molar-refractivity contribution in [3.05, 3.63) is 35.2 Å². The molecule has 5 heteroatoms. The molecule has 19 heavy (non-hydrogen) atoms. The average molecular weight is 276 g/mol. The molecule has 0 aliphatic heterocycles. The molecule has 2 aromatic rings. The Morgan fingerprint density at radius 1 is 1.32 bits per heavy atom. The average Bonchev–Trinajstić information content (AvgIpc) is 2.87. The van der Waals surface area contributed by atoms with Gasteiger partial charge in [0.15, 0.2) is 5.13 Å². The van der Waals surface area contributed by atoms with Gasteiger partial charge in [0.1, 0.15) is 0 Å². The molecule has 100 valence electrons. The Morgan fingerprint density at radius 2 is 2.05 bits per heavy atom. The van der Waals surface area contributed by atoms with Crippen LogP contribution >= 0.6 is 11.3 Å². The first-order chi connectivity index (χ1) is 9.22. The van der Waals surface area contributed by atoms with Gasteiger partial charge in [-0.15, -0.1) is 11.3 Å². The second-order valence-corrected chi connectivity index (χ2v) is 4.79. The Bertz CT molecular complexity index is 549. The number of carbonyl (C=O) groups is 1. The predicted octanol–water partition coefficient (Wildman–Crippen LogP) is 3.94. The molecule has 0 bridgehead atoms. The summed E-state index contributed by atoms with van der Waals surface area (Å²) in [5, 5.41) is 5.07. The zero-order chi connectivity index (χ0) is 13.7. The SMILES string of the molecule is CCOC(=O)Nc1nc(-c2ccc(CC)cc2)cs1. The summed E-state index contributed by atoms with van der Waals surface area (Å²) in [5.74, 6) is 0. The van der Waals surface area contributed by atoms with E-state index in [0.717, 1.165) is 17.7 Å². The van der Waals surface area contributed by atoms with Gasteiger partial charge in [0.05, 0.1) is 12.3 Å². The lowest BCUT2D eigenvalue weighted by molar-refractivity contribution is 0.168. The molecule has 0 fully saturated rings. The van der Waals surface area contributed by atoms with Crippen molar-refractivity contribution in [2.24, 2.45) is 0 Å². The van der Waals surface area contributed by atoms with E-state index >= 15 is 0 Å². The topological polar surface area (TPSA) is 51.2 Å². The predicted molar refractivity (Wildman–Crippen MR) is 77.6 cm³/mol. The lowest BCUT2D eigenvalue weighted by Crippen LogP contribution is -2.12. The number of benzene rings is 1. The minimum absolute atomic E-state index is 0.350. The molecule has 0 spiro atoms. The summed E-state index contributed by atoms with van der Waals surface area (Å²) in [6.07, 6.45) is 0.553. The monoisotopic (exact) mass is 276 g/mol. The van der Waals surface area contributed by atoms with Crippen LogP contribution in [0.4, 0.5) is 9.93 Å². The number of nitrogens with one attached hydrogen (secondary N) is 1. The number of nitrogens with zero attached hydrogens (tertiary/aromatic N) is 1. The molecule has 1 amide bonds. The van der Waals surface area contributed by atoms with Gasteiger partial charge in [-0.1, -0.05) is 31.2 Å². The van der Waals surface area contributed by atoms with Crippen LogP contribution in [0, 0.1) is 0 Å². The summed E-state index contributed by atoms with van der Waals surface area (Å²) < 4.78 is 4.81. The zero-order valence-electron chi connectivity index (χ0n) is 11.0. The van der Waals surface area contributed by atoms with Crippen molar-refractivity contribution in [2.45, 2.75) is 20.3 Å². The van der Waals surface area contributed by atoms with E-state index in [1.54, 1.807) is 6.92 Å². The summed E-state index contributed by atoms with van der Waals surface area (Å²) >= 11 is 1.39. The molecule has 1 aromatic heterocycles. The van der Waals surface area contributed by atoms with E-state index in [1.165, 1.54) is 16.9 Å². The Morgan fingerprint density at radius 3 is 2.68 bits per heavy atom. The first-order valence-corrected chi connectivity index (χ1v) is 7.09.